The molecule has 0 bridgehead atoms. The molecule has 11 heteroatoms. The van der Waals surface area contributed by atoms with Crippen molar-refractivity contribution in [1.29, 1.82) is 0 Å². The number of rotatable bonds is 11. The zero-order chi connectivity index (χ0) is 47.6. The fourth-order valence-corrected chi connectivity index (χ4v) is 8.54. The molecule has 5 aromatic carbocycles. The van der Waals surface area contributed by atoms with Crippen molar-refractivity contribution < 1.29 is 38.2 Å². The van der Waals surface area contributed by atoms with Crippen LogP contribution in [0.5, 0.6) is 0 Å². The number of aliphatic hydroxyl groups is 1. The number of carbonyl (C=O) groups excluding carboxylic acids is 2. The minimum absolute atomic E-state index is 0. The number of allylic oxidation sites excluding steroid dienone is 1. The van der Waals surface area contributed by atoms with Gasteiger partial charge in [-0.2, -0.15) is 0 Å². The lowest BCUT2D eigenvalue weighted by Gasteiger charge is -2.32. The van der Waals surface area contributed by atoms with Gasteiger partial charge in [-0.1, -0.05) is 108 Å². The van der Waals surface area contributed by atoms with Crippen LogP contribution in [0.15, 0.2) is 97.3 Å². The van der Waals surface area contributed by atoms with E-state index in [1.54, 1.807) is 0 Å². The first kappa shape index (κ1) is 50.8. The van der Waals surface area contributed by atoms with Crippen molar-refractivity contribution in [2.24, 2.45) is 5.41 Å². The van der Waals surface area contributed by atoms with Crippen molar-refractivity contribution in [3.63, 3.8) is 0 Å². The maximum atomic E-state index is 13.4. The van der Waals surface area contributed by atoms with Crippen LogP contribution in [0.1, 0.15) is 141 Å². The van der Waals surface area contributed by atoms with E-state index < -0.39 is 30.5 Å². The topological polar surface area (TPSA) is 125 Å². The Balaban J connectivity index is 0.000000859. The van der Waals surface area contributed by atoms with Crippen LogP contribution in [-0.2, 0) is 56.2 Å². The summed E-state index contributed by atoms with van der Waals surface area (Å²) >= 11 is 0. The molecule has 1 unspecified atom stereocenters. The van der Waals surface area contributed by atoms with Gasteiger partial charge in [-0.05, 0) is 148 Å². The molecule has 1 saturated heterocycles. The molecule has 1 atom stereocenters. The highest BCUT2D eigenvalue weighted by Crippen LogP contribution is 2.45. The second kappa shape index (κ2) is 20.7. The average molecular weight is 911 g/mol. The summed E-state index contributed by atoms with van der Waals surface area (Å²) in [6.07, 6.45) is 4.47. The van der Waals surface area contributed by atoms with Crippen molar-refractivity contribution >= 4 is 46.9 Å². The van der Waals surface area contributed by atoms with Crippen molar-refractivity contribution in [3.8, 4) is 11.1 Å². The SMILES string of the molecule is C.C=C(O)C(C)(C)C.CCC1CCCc2cc3c(cc21)-c1cc2cccc(NC(=O)OCc4cccc(COC(C)C)c4NC(=O)OCc4ccc(B5OC(C)(C)C(C)(C)O5)cc4)c2cc1C3. The Morgan fingerprint density at radius 3 is 2.06 bits per heavy atom. The first-order valence-corrected chi connectivity index (χ1v) is 23.4. The van der Waals surface area contributed by atoms with Gasteiger partial charge in [-0.15, -0.1) is 0 Å². The van der Waals surface area contributed by atoms with Gasteiger partial charge in [-0.3, -0.25) is 10.6 Å². The van der Waals surface area contributed by atoms with E-state index in [9.17, 15) is 9.59 Å². The second-order valence-corrected chi connectivity index (χ2v) is 20.2. The van der Waals surface area contributed by atoms with Crippen LogP contribution in [0, 0.1) is 5.41 Å². The molecule has 8 rings (SSSR count). The summed E-state index contributed by atoms with van der Waals surface area (Å²) in [6, 6.07) is 28.5. The molecular weight excluding hydrogens is 839 g/mol. The molecular formula is C56H71BN2O8. The first-order chi connectivity index (χ1) is 31.2. The van der Waals surface area contributed by atoms with E-state index in [0.29, 0.717) is 22.9 Å². The van der Waals surface area contributed by atoms with Gasteiger partial charge in [0.05, 0.1) is 41.0 Å². The molecule has 2 amide bonds. The van der Waals surface area contributed by atoms with Gasteiger partial charge in [0.25, 0.3) is 0 Å². The quantitative estimate of drug-likeness (QED) is 0.0867. The lowest BCUT2D eigenvalue weighted by atomic mass is 9.79. The monoisotopic (exact) mass is 911 g/mol. The maximum absolute atomic E-state index is 13.4. The van der Waals surface area contributed by atoms with Gasteiger partial charge in [0, 0.05) is 21.9 Å². The fourth-order valence-electron chi connectivity index (χ4n) is 8.54. The second-order valence-electron chi connectivity index (χ2n) is 20.2. The number of hydrogen-bond donors (Lipinski definition) is 3. The van der Waals surface area contributed by atoms with Gasteiger partial charge in [-0.25, -0.2) is 9.59 Å². The third kappa shape index (κ3) is 11.7. The fraction of sp³-hybridized carbons (Fsp3) is 0.429. The van der Waals surface area contributed by atoms with Gasteiger partial charge in [0.2, 0.25) is 0 Å². The Kier molecular flexibility index (Phi) is 15.7. The third-order valence-corrected chi connectivity index (χ3v) is 13.4. The molecule has 356 valence electrons. The number of ether oxygens (including phenoxy) is 3. The number of anilines is 2. The van der Waals surface area contributed by atoms with E-state index >= 15 is 0 Å². The van der Waals surface area contributed by atoms with E-state index in [2.05, 4.69) is 54.5 Å². The predicted octanol–water partition coefficient (Wildman–Crippen LogP) is 13.7. The standard InChI is InChI=1S/C49H55BN2O7.C6H12O.CH4/c1-8-32-12-9-13-33-22-37-23-38-25-43-34(24-41(38)42(37)26-40(32)33)14-11-17-44(43)51-46(53)57-29-36-16-10-15-35(28-55-30(2)3)45(36)52-47(54)56-27-31-18-20-39(21-19-31)50-58-48(4,5)49(6,7)59-50;1-5(7)6(2,3)4;/h10-11,14-22,24-26,30,32H,8-9,12-13,23,27-29H2,1-7H3,(H,51,53)(H,52,54);7H,1H2,2-4H3;1H4. The van der Waals surface area contributed by atoms with Crippen LogP contribution in [-0.4, -0.2) is 41.7 Å². The van der Waals surface area contributed by atoms with Crippen LogP contribution in [0.25, 0.3) is 21.9 Å². The highest BCUT2D eigenvalue weighted by atomic mass is 16.7. The number of fused-ring (bicyclic) bond motifs is 5. The van der Waals surface area contributed by atoms with E-state index in [1.165, 1.54) is 52.6 Å². The van der Waals surface area contributed by atoms with Crippen molar-refractivity contribution in [2.45, 2.75) is 152 Å². The number of carbonyl (C=O) groups is 2. The summed E-state index contributed by atoms with van der Waals surface area (Å²) in [5, 5.41) is 16.6. The Labute approximate surface area is 398 Å². The third-order valence-electron chi connectivity index (χ3n) is 13.4. The van der Waals surface area contributed by atoms with E-state index in [1.807, 2.05) is 117 Å². The number of aliphatic hydroxyl groups excluding tert-OH is 1. The number of benzene rings is 5. The molecule has 2 aliphatic carbocycles. The van der Waals surface area contributed by atoms with Gasteiger partial charge in [0.1, 0.15) is 13.2 Å². The van der Waals surface area contributed by atoms with Crippen LogP contribution >= 0.6 is 0 Å². The summed E-state index contributed by atoms with van der Waals surface area (Å²) in [5.41, 5.74) is 11.5. The molecule has 0 radical (unpaired) electrons. The van der Waals surface area contributed by atoms with Crippen LogP contribution in [0.2, 0.25) is 0 Å². The molecule has 5 aromatic rings. The lowest BCUT2D eigenvalue weighted by molar-refractivity contribution is 0.00578. The van der Waals surface area contributed by atoms with Crippen LogP contribution in [0.3, 0.4) is 0 Å². The summed E-state index contributed by atoms with van der Waals surface area (Å²) in [5.74, 6) is 0.878. The largest absolute Gasteiger partial charge is 0.512 e. The van der Waals surface area contributed by atoms with Gasteiger partial charge >= 0.3 is 19.3 Å². The summed E-state index contributed by atoms with van der Waals surface area (Å²) in [7, 11) is -0.476. The lowest BCUT2D eigenvalue weighted by Crippen LogP contribution is -2.41. The molecule has 10 nitrogen and oxygen atoms in total. The molecule has 1 fully saturated rings. The van der Waals surface area contributed by atoms with Crippen molar-refractivity contribution in [3.05, 3.63) is 136 Å². The summed E-state index contributed by atoms with van der Waals surface area (Å²) in [4.78, 5) is 26.7. The average Bonchev–Trinajstić information content (AvgIpc) is 3.72. The van der Waals surface area contributed by atoms with E-state index in [-0.39, 0.29) is 44.5 Å². The highest BCUT2D eigenvalue weighted by molar-refractivity contribution is 6.62. The Bertz CT molecular complexity index is 2580. The molecule has 3 N–H and O–H groups in total. The molecule has 1 aliphatic heterocycles. The maximum Gasteiger partial charge on any atom is 0.494 e. The number of amides is 2. The van der Waals surface area contributed by atoms with Crippen molar-refractivity contribution in [1.82, 2.24) is 0 Å². The summed E-state index contributed by atoms with van der Waals surface area (Å²) < 4.78 is 29.7. The molecule has 3 aliphatic rings. The van der Waals surface area contributed by atoms with E-state index in [0.717, 1.165) is 40.2 Å². The minimum Gasteiger partial charge on any atom is -0.512 e. The number of aryl methyl sites for hydroxylation is 1. The molecule has 1 heterocycles. The van der Waals surface area contributed by atoms with Crippen molar-refractivity contribution in [2.75, 3.05) is 10.6 Å². The summed E-state index contributed by atoms with van der Waals surface area (Å²) in [6.45, 7) is 23.6. The number of para-hydroxylation sites is 1. The smallest absolute Gasteiger partial charge is 0.494 e. The molecule has 0 saturated carbocycles. The normalized spacial score (nSPS) is 16.5. The molecule has 67 heavy (non-hydrogen) atoms. The predicted molar refractivity (Wildman–Crippen MR) is 272 cm³/mol. The highest BCUT2D eigenvalue weighted by Gasteiger charge is 2.51. The number of hydrogen-bond acceptors (Lipinski definition) is 8. The zero-order valence-corrected chi connectivity index (χ0v) is 40.5. The van der Waals surface area contributed by atoms with E-state index in [4.69, 9.17) is 28.6 Å². The van der Waals surface area contributed by atoms with Gasteiger partial charge < -0.3 is 28.6 Å². The minimum atomic E-state index is -0.640. The van der Waals surface area contributed by atoms with Gasteiger partial charge in [0.15, 0.2) is 0 Å². The zero-order valence-electron chi connectivity index (χ0n) is 40.5. The Hall–Kier alpha value is -5.62. The number of nitrogens with one attached hydrogen (secondary N) is 2. The molecule has 0 aromatic heterocycles. The Morgan fingerprint density at radius 2 is 1.42 bits per heavy atom. The first-order valence-electron chi connectivity index (χ1n) is 23.4. The molecule has 0 spiro atoms. The Morgan fingerprint density at radius 1 is 0.821 bits per heavy atom. The van der Waals surface area contributed by atoms with Crippen LogP contribution in [0.4, 0.5) is 21.0 Å². The van der Waals surface area contributed by atoms with Crippen LogP contribution < -0.4 is 16.1 Å².